The van der Waals surface area contributed by atoms with Crippen LogP contribution in [-0.4, -0.2) is 29.3 Å². The summed E-state index contributed by atoms with van der Waals surface area (Å²) in [6.45, 7) is 1.45. The molecule has 1 unspecified atom stereocenters. The maximum atomic E-state index is 16.2. The van der Waals surface area contributed by atoms with Crippen molar-refractivity contribution in [2.45, 2.75) is 48.3 Å². The highest BCUT2D eigenvalue weighted by atomic mass is 35.5. The Morgan fingerprint density at radius 1 is 1.28 bits per heavy atom. The number of nitrogens with two attached hydrogens (primary N) is 1. The van der Waals surface area contributed by atoms with Gasteiger partial charge in [0.1, 0.15) is 5.54 Å². The number of fused-ring (bicyclic) bond motifs is 1. The van der Waals surface area contributed by atoms with Gasteiger partial charge in [0, 0.05) is 9.92 Å². The van der Waals surface area contributed by atoms with Gasteiger partial charge in [0.2, 0.25) is 23.3 Å². The standard InChI is InChI=1S/C26H24ClF2N3O3S/c1-25(24(30)35,17-5-3-2-4-6-17)31-22(33)12-15-11-19(28)23(34)26(29,14-15)21-10-7-16-13-18(27)8-9-20(16)36-32-21/h2-6,8-9,11,13-14,21,32H,7,10,12H2,1H3,(H2,30,35)(H,31,33)/t21-,25-,26?/m1/s1. The number of rotatable bonds is 6. The molecule has 2 aromatic rings. The normalized spacial score (nSPS) is 23.4. The van der Waals surface area contributed by atoms with Crippen molar-refractivity contribution in [3.63, 3.8) is 0 Å². The van der Waals surface area contributed by atoms with E-state index in [0.29, 0.717) is 17.0 Å². The average Bonchev–Trinajstić information content (AvgIpc) is 3.05. The summed E-state index contributed by atoms with van der Waals surface area (Å²) < 4.78 is 33.8. The van der Waals surface area contributed by atoms with E-state index < -0.39 is 47.1 Å². The van der Waals surface area contributed by atoms with Crippen molar-refractivity contribution in [3.05, 3.63) is 88.2 Å². The van der Waals surface area contributed by atoms with Crippen LogP contribution >= 0.6 is 23.5 Å². The number of hydrogen-bond donors (Lipinski definition) is 3. The average molecular weight is 532 g/mol. The Balaban J connectivity index is 1.55. The van der Waals surface area contributed by atoms with Gasteiger partial charge in [0.25, 0.3) is 0 Å². The van der Waals surface area contributed by atoms with Gasteiger partial charge in [-0.3, -0.25) is 19.1 Å². The molecule has 1 heterocycles. The quantitative estimate of drug-likeness (QED) is 0.484. The van der Waals surface area contributed by atoms with Crippen LogP contribution in [-0.2, 0) is 26.3 Å². The van der Waals surface area contributed by atoms with Crippen LogP contribution in [0.2, 0.25) is 5.02 Å². The molecule has 0 bridgehead atoms. The van der Waals surface area contributed by atoms with E-state index in [9.17, 15) is 18.8 Å². The summed E-state index contributed by atoms with van der Waals surface area (Å²) in [4.78, 5) is 38.5. The molecule has 36 heavy (non-hydrogen) atoms. The molecule has 1 aliphatic heterocycles. The third-order valence-electron chi connectivity index (χ3n) is 6.41. The molecule has 188 valence electrons. The van der Waals surface area contributed by atoms with Gasteiger partial charge in [-0.05, 0) is 78.8 Å². The Morgan fingerprint density at radius 3 is 2.69 bits per heavy atom. The van der Waals surface area contributed by atoms with E-state index in [2.05, 4.69) is 10.0 Å². The van der Waals surface area contributed by atoms with E-state index in [1.807, 2.05) is 0 Å². The zero-order valence-corrected chi connectivity index (χ0v) is 20.9. The van der Waals surface area contributed by atoms with Crippen molar-refractivity contribution in [2.24, 2.45) is 5.73 Å². The molecule has 4 N–H and O–H groups in total. The number of nitrogens with one attached hydrogen (secondary N) is 2. The smallest absolute Gasteiger partial charge is 0.247 e. The van der Waals surface area contributed by atoms with Gasteiger partial charge in [-0.1, -0.05) is 41.9 Å². The number of allylic oxidation sites excluding steroid dienone is 2. The molecule has 10 heteroatoms. The number of aryl methyl sites for hydroxylation is 1. The first-order chi connectivity index (χ1) is 17.0. The third kappa shape index (κ3) is 5.09. The second-order valence-electron chi connectivity index (χ2n) is 8.95. The van der Waals surface area contributed by atoms with Gasteiger partial charge in [-0.25, -0.2) is 8.78 Å². The van der Waals surface area contributed by atoms with Gasteiger partial charge in [0.15, 0.2) is 5.83 Å². The maximum Gasteiger partial charge on any atom is 0.247 e. The molecule has 0 fully saturated rings. The van der Waals surface area contributed by atoms with Crippen molar-refractivity contribution in [2.75, 3.05) is 0 Å². The lowest BCUT2D eigenvalue weighted by Crippen LogP contribution is -2.53. The molecule has 0 radical (unpaired) electrons. The van der Waals surface area contributed by atoms with Crippen LogP contribution in [0.5, 0.6) is 0 Å². The van der Waals surface area contributed by atoms with E-state index in [-0.39, 0.29) is 12.0 Å². The lowest BCUT2D eigenvalue weighted by Gasteiger charge is -2.32. The lowest BCUT2D eigenvalue weighted by molar-refractivity contribution is -0.131. The highest BCUT2D eigenvalue weighted by molar-refractivity contribution is 7.97. The van der Waals surface area contributed by atoms with Crippen LogP contribution in [0.25, 0.3) is 0 Å². The molecule has 0 spiro atoms. The fourth-order valence-electron chi connectivity index (χ4n) is 4.34. The highest BCUT2D eigenvalue weighted by Crippen LogP contribution is 2.38. The largest absolute Gasteiger partial charge is 0.367 e. The number of benzene rings is 2. The molecule has 0 saturated heterocycles. The van der Waals surface area contributed by atoms with Crippen molar-refractivity contribution in [1.29, 1.82) is 0 Å². The molecule has 0 aromatic heterocycles. The van der Waals surface area contributed by atoms with E-state index >= 15 is 4.39 Å². The number of halogens is 3. The second kappa shape index (κ2) is 10.2. The fraction of sp³-hybridized carbons (Fsp3) is 0.269. The lowest BCUT2D eigenvalue weighted by atomic mass is 9.82. The van der Waals surface area contributed by atoms with Crippen LogP contribution < -0.4 is 15.8 Å². The number of carbonyl (C=O) groups excluding carboxylic acids is 3. The molecule has 0 saturated carbocycles. The van der Waals surface area contributed by atoms with Crippen LogP contribution in [0.1, 0.15) is 30.9 Å². The molecule has 4 rings (SSSR count). The maximum absolute atomic E-state index is 16.2. The predicted molar refractivity (Wildman–Crippen MR) is 134 cm³/mol. The van der Waals surface area contributed by atoms with Crippen molar-refractivity contribution >= 4 is 41.1 Å². The molecule has 2 aliphatic rings. The summed E-state index contributed by atoms with van der Waals surface area (Å²) >= 11 is 7.21. The number of alkyl halides is 1. The summed E-state index contributed by atoms with van der Waals surface area (Å²) in [5, 5.41) is 3.11. The zero-order chi connectivity index (χ0) is 26.1. The molecule has 6 nitrogen and oxygen atoms in total. The number of amides is 2. The summed E-state index contributed by atoms with van der Waals surface area (Å²) in [7, 11) is 0. The first-order valence-corrected chi connectivity index (χ1v) is 12.4. The summed E-state index contributed by atoms with van der Waals surface area (Å²) in [6.07, 6.45) is 1.99. The molecule has 2 aromatic carbocycles. The minimum Gasteiger partial charge on any atom is -0.367 e. The van der Waals surface area contributed by atoms with Crippen LogP contribution in [0, 0.1) is 0 Å². The zero-order valence-electron chi connectivity index (χ0n) is 19.3. The van der Waals surface area contributed by atoms with Gasteiger partial charge < -0.3 is 11.1 Å². The van der Waals surface area contributed by atoms with E-state index in [1.165, 1.54) is 6.92 Å². The number of hydrogen-bond acceptors (Lipinski definition) is 5. The number of Topliss-reactive ketones (excluding diaryl/α,β-unsaturated/α-hetero) is 1. The second-order valence-corrected chi connectivity index (χ2v) is 10.3. The minimum atomic E-state index is -2.71. The van der Waals surface area contributed by atoms with Crippen LogP contribution in [0.4, 0.5) is 8.78 Å². The molecule has 2 amide bonds. The Labute approximate surface area is 216 Å². The number of carbonyl (C=O) groups is 3. The van der Waals surface area contributed by atoms with Crippen molar-refractivity contribution in [1.82, 2.24) is 10.0 Å². The predicted octanol–water partition coefficient (Wildman–Crippen LogP) is 4.23. The van der Waals surface area contributed by atoms with E-state index in [4.69, 9.17) is 17.3 Å². The molecular weight excluding hydrogens is 508 g/mol. The summed E-state index contributed by atoms with van der Waals surface area (Å²) in [6, 6.07) is 12.6. The Kier molecular flexibility index (Phi) is 7.36. The van der Waals surface area contributed by atoms with Crippen molar-refractivity contribution < 1.29 is 23.2 Å². The fourth-order valence-corrected chi connectivity index (χ4v) is 5.52. The van der Waals surface area contributed by atoms with Gasteiger partial charge in [-0.2, -0.15) is 0 Å². The molecular formula is C26H24ClF2N3O3S. The summed E-state index contributed by atoms with van der Waals surface area (Å²) in [5.41, 5.74) is 2.64. The first-order valence-electron chi connectivity index (χ1n) is 11.2. The Morgan fingerprint density at radius 2 is 2.00 bits per heavy atom. The van der Waals surface area contributed by atoms with E-state index in [0.717, 1.165) is 34.6 Å². The van der Waals surface area contributed by atoms with Gasteiger partial charge in [-0.15, -0.1) is 0 Å². The highest BCUT2D eigenvalue weighted by Gasteiger charge is 2.49. The van der Waals surface area contributed by atoms with Crippen LogP contribution in [0.15, 0.2) is 77.0 Å². The SMILES string of the molecule is C[C@](NC(=O)CC1=CC(F)([C@H]2CCc3cc(Cl)ccc3SN2)C(=O)C(F)=C1)(C(N)=O)c1ccccc1. The third-order valence-corrected chi connectivity index (χ3v) is 7.67. The van der Waals surface area contributed by atoms with Crippen molar-refractivity contribution in [3.8, 4) is 0 Å². The monoisotopic (exact) mass is 531 g/mol. The Hall–Kier alpha value is -3.01. The number of ketones is 1. The molecule has 3 atom stereocenters. The van der Waals surface area contributed by atoms with Crippen LogP contribution in [0.3, 0.4) is 0 Å². The topological polar surface area (TPSA) is 101 Å². The summed E-state index contributed by atoms with van der Waals surface area (Å²) in [5.74, 6) is -4.06. The number of primary amides is 1. The Bertz CT molecular complexity index is 1290. The first kappa shape index (κ1) is 26.1. The van der Waals surface area contributed by atoms with Gasteiger partial charge in [0.05, 0.1) is 12.5 Å². The van der Waals surface area contributed by atoms with Gasteiger partial charge >= 0.3 is 0 Å². The minimum absolute atomic E-state index is 0.0245. The molecule has 1 aliphatic carbocycles. The van der Waals surface area contributed by atoms with E-state index in [1.54, 1.807) is 48.5 Å².